The van der Waals surface area contributed by atoms with Crippen LogP contribution in [-0.4, -0.2) is 37.9 Å². The molecule has 0 fully saturated rings. The van der Waals surface area contributed by atoms with Gasteiger partial charge >= 0.3 is 11.9 Å². The molecule has 5 nitrogen and oxygen atoms in total. The topological polar surface area (TPSA) is 61.8 Å². The highest BCUT2D eigenvalue weighted by Crippen LogP contribution is 2.14. The van der Waals surface area contributed by atoms with Crippen LogP contribution in [0.25, 0.3) is 0 Å². The van der Waals surface area contributed by atoms with Crippen molar-refractivity contribution in [3.05, 3.63) is 48.6 Å². The second-order valence-corrected chi connectivity index (χ2v) is 17.4. The van der Waals surface area contributed by atoms with Crippen molar-refractivity contribution in [2.24, 2.45) is 0 Å². The van der Waals surface area contributed by atoms with Crippen LogP contribution in [0.4, 0.5) is 0 Å². The van der Waals surface area contributed by atoms with Crippen molar-refractivity contribution in [2.75, 3.05) is 19.8 Å². The molecule has 1 atom stereocenters. The number of carbonyl (C=O) groups is 2. The number of hydrogen-bond acceptors (Lipinski definition) is 5. The lowest BCUT2D eigenvalue weighted by molar-refractivity contribution is -0.163. The lowest BCUT2D eigenvalue weighted by Crippen LogP contribution is -2.30. The molecule has 0 bridgehead atoms. The maximum Gasteiger partial charge on any atom is 0.306 e. The lowest BCUT2D eigenvalue weighted by atomic mass is 10.1. The van der Waals surface area contributed by atoms with E-state index in [1.54, 1.807) is 0 Å². The largest absolute Gasteiger partial charge is 0.462 e. The van der Waals surface area contributed by atoms with Gasteiger partial charge in [0, 0.05) is 19.4 Å². The third-order valence-electron chi connectivity index (χ3n) is 11.3. The number of ether oxygens (including phenoxy) is 3. The Kier molecular flexibility index (Phi) is 49.4. The van der Waals surface area contributed by atoms with Crippen LogP contribution in [0.3, 0.4) is 0 Å². The maximum atomic E-state index is 12.8. The number of rotatable bonds is 48. The van der Waals surface area contributed by atoms with E-state index in [9.17, 15) is 9.59 Å². The molecule has 0 radical (unpaired) electrons. The van der Waals surface area contributed by atoms with Crippen LogP contribution in [0, 0.1) is 0 Å². The summed E-state index contributed by atoms with van der Waals surface area (Å²) in [6.07, 6.45) is 62.6. The molecule has 0 amide bonds. The van der Waals surface area contributed by atoms with Gasteiger partial charge in [0.25, 0.3) is 0 Å². The molecule has 60 heavy (non-hydrogen) atoms. The first-order valence-electron chi connectivity index (χ1n) is 26.2. The van der Waals surface area contributed by atoms with Crippen LogP contribution in [0.5, 0.6) is 0 Å². The summed E-state index contributed by atoms with van der Waals surface area (Å²) in [4.78, 5) is 25.4. The van der Waals surface area contributed by atoms with Gasteiger partial charge in [-0.1, -0.05) is 204 Å². The molecule has 0 saturated heterocycles. The van der Waals surface area contributed by atoms with Gasteiger partial charge in [-0.2, -0.15) is 0 Å². The molecule has 0 saturated carbocycles. The third-order valence-corrected chi connectivity index (χ3v) is 11.3. The molecule has 1 unspecified atom stereocenters. The molecule has 0 N–H and O–H groups in total. The predicted octanol–water partition coefficient (Wildman–Crippen LogP) is 17.6. The highest BCUT2D eigenvalue weighted by Gasteiger charge is 2.17. The highest BCUT2D eigenvalue weighted by atomic mass is 16.6. The van der Waals surface area contributed by atoms with Gasteiger partial charge in [-0.05, 0) is 96.3 Å². The van der Waals surface area contributed by atoms with Gasteiger partial charge in [0.2, 0.25) is 0 Å². The van der Waals surface area contributed by atoms with E-state index in [1.807, 2.05) is 0 Å². The standard InChI is InChI=1S/C55H100O5/c1-4-7-10-13-16-19-22-25-27-28-29-31-33-36-39-42-45-48-54(56)59-52-53(51-58-50-47-44-41-38-35-32-26-23-20-17-14-11-8-5-2)60-55(57)49-46-43-40-37-34-30-24-21-18-15-12-9-6-3/h12,15,20-21,23-25,27,53H,4-11,13-14,16-19,22,26,28-52H2,1-3H3/b15-12-,23-20-,24-21-,27-25-. The van der Waals surface area contributed by atoms with Crippen molar-refractivity contribution in [2.45, 2.75) is 271 Å². The Labute approximate surface area is 373 Å². The molecule has 0 aromatic heterocycles. The number of allylic oxidation sites excluding steroid dienone is 8. The van der Waals surface area contributed by atoms with Gasteiger partial charge in [-0.3, -0.25) is 9.59 Å². The van der Waals surface area contributed by atoms with Crippen LogP contribution in [0.1, 0.15) is 265 Å². The summed E-state index contributed by atoms with van der Waals surface area (Å²) in [7, 11) is 0. The Balaban J connectivity index is 4.26. The van der Waals surface area contributed by atoms with Gasteiger partial charge in [0.15, 0.2) is 6.10 Å². The maximum absolute atomic E-state index is 12.8. The zero-order valence-corrected chi connectivity index (χ0v) is 40.2. The highest BCUT2D eigenvalue weighted by molar-refractivity contribution is 5.70. The summed E-state index contributed by atoms with van der Waals surface area (Å²) >= 11 is 0. The van der Waals surface area contributed by atoms with Gasteiger partial charge in [-0.15, -0.1) is 0 Å². The number of carbonyl (C=O) groups excluding carboxylic acids is 2. The number of esters is 2. The third kappa shape index (κ3) is 48.5. The fourth-order valence-electron chi connectivity index (χ4n) is 7.36. The zero-order chi connectivity index (χ0) is 43.5. The van der Waals surface area contributed by atoms with Gasteiger partial charge in [-0.25, -0.2) is 0 Å². The molecule has 0 aliphatic rings. The molecule has 0 spiro atoms. The van der Waals surface area contributed by atoms with Crippen LogP contribution < -0.4 is 0 Å². The average molecular weight is 841 g/mol. The molecule has 0 aliphatic carbocycles. The summed E-state index contributed by atoms with van der Waals surface area (Å²) in [6.45, 7) is 7.74. The molecule has 0 aliphatic heterocycles. The SMILES string of the molecule is CCC/C=C\C/C=C\CCCCCCCC(=O)OC(COCCCCCCCC/C=C\CCCCCC)COC(=O)CCCCCCCCC/C=C\CCCCCCCC. The quantitative estimate of drug-likeness (QED) is 0.0347. The van der Waals surface area contributed by atoms with Crippen LogP contribution in [0.15, 0.2) is 48.6 Å². The minimum atomic E-state index is -0.546. The van der Waals surface area contributed by atoms with E-state index >= 15 is 0 Å². The summed E-state index contributed by atoms with van der Waals surface area (Å²) in [6, 6.07) is 0. The van der Waals surface area contributed by atoms with Gasteiger partial charge in [0.1, 0.15) is 6.61 Å². The first-order valence-corrected chi connectivity index (χ1v) is 26.2. The van der Waals surface area contributed by atoms with E-state index in [0.717, 1.165) is 57.8 Å². The fourth-order valence-corrected chi connectivity index (χ4v) is 7.36. The van der Waals surface area contributed by atoms with Crippen molar-refractivity contribution < 1.29 is 23.8 Å². The number of hydrogen-bond donors (Lipinski definition) is 0. The van der Waals surface area contributed by atoms with Gasteiger partial charge < -0.3 is 14.2 Å². The van der Waals surface area contributed by atoms with E-state index < -0.39 is 6.10 Å². The summed E-state index contributed by atoms with van der Waals surface area (Å²) in [5.41, 5.74) is 0. The normalized spacial score (nSPS) is 12.5. The molecule has 0 rings (SSSR count). The second kappa shape index (κ2) is 51.2. The summed E-state index contributed by atoms with van der Waals surface area (Å²) in [5.74, 6) is -0.414. The van der Waals surface area contributed by atoms with E-state index in [1.165, 1.54) is 173 Å². The van der Waals surface area contributed by atoms with Crippen molar-refractivity contribution in [3.63, 3.8) is 0 Å². The molecule has 5 heteroatoms. The van der Waals surface area contributed by atoms with E-state index in [-0.39, 0.29) is 25.2 Å². The van der Waals surface area contributed by atoms with Gasteiger partial charge in [0.05, 0.1) is 6.61 Å². The number of unbranched alkanes of at least 4 members (excludes halogenated alkanes) is 29. The van der Waals surface area contributed by atoms with Crippen molar-refractivity contribution >= 4 is 11.9 Å². The summed E-state index contributed by atoms with van der Waals surface area (Å²) < 4.78 is 17.4. The first-order chi connectivity index (χ1) is 29.6. The molecule has 0 heterocycles. The smallest absolute Gasteiger partial charge is 0.306 e. The Hall–Kier alpha value is -2.14. The molecule has 350 valence electrons. The van der Waals surface area contributed by atoms with Crippen molar-refractivity contribution in [1.29, 1.82) is 0 Å². The van der Waals surface area contributed by atoms with E-state index in [4.69, 9.17) is 14.2 Å². The monoisotopic (exact) mass is 841 g/mol. The summed E-state index contributed by atoms with van der Waals surface area (Å²) in [5, 5.41) is 0. The second-order valence-electron chi connectivity index (χ2n) is 17.4. The van der Waals surface area contributed by atoms with Crippen LogP contribution in [-0.2, 0) is 23.8 Å². The van der Waals surface area contributed by atoms with Crippen molar-refractivity contribution in [3.8, 4) is 0 Å². The van der Waals surface area contributed by atoms with Crippen LogP contribution >= 0.6 is 0 Å². The molecular formula is C55H100O5. The van der Waals surface area contributed by atoms with E-state index in [0.29, 0.717) is 19.4 Å². The minimum absolute atomic E-state index is 0.0765. The van der Waals surface area contributed by atoms with E-state index in [2.05, 4.69) is 69.4 Å². The first kappa shape index (κ1) is 57.9. The van der Waals surface area contributed by atoms with Crippen molar-refractivity contribution in [1.82, 2.24) is 0 Å². The lowest BCUT2D eigenvalue weighted by Gasteiger charge is -2.18. The molecular weight excluding hydrogens is 741 g/mol. The average Bonchev–Trinajstić information content (AvgIpc) is 3.25. The Morgan fingerprint density at radius 2 is 0.733 bits per heavy atom. The Morgan fingerprint density at radius 1 is 0.367 bits per heavy atom. The molecule has 0 aromatic carbocycles. The Morgan fingerprint density at radius 3 is 1.20 bits per heavy atom. The minimum Gasteiger partial charge on any atom is -0.462 e. The zero-order valence-electron chi connectivity index (χ0n) is 40.2. The predicted molar refractivity (Wildman–Crippen MR) is 261 cm³/mol. The Bertz CT molecular complexity index is 997. The fraction of sp³-hybridized carbons (Fsp3) is 0.818. The van der Waals surface area contributed by atoms with Crippen LogP contribution in [0.2, 0.25) is 0 Å². The molecule has 0 aromatic rings.